The Morgan fingerprint density at radius 3 is 2.54 bits per heavy atom. The summed E-state index contributed by atoms with van der Waals surface area (Å²) in [6, 6.07) is 0. The number of hydrogen-bond donors (Lipinski definition) is 0. The number of rotatable bonds is 1. The van der Waals surface area contributed by atoms with E-state index < -0.39 is 0 Å². The normalized spacial score (nSPS) is 18.7. The Balaban J connectivity index is 2.30. The van der Waals surface area contributed by atoms with E-state index in [1.54, 1.807) is 0 Å². The summed E-state index contributed by atoms with van der Waals surface area (Å²) < 4.78 is 2.21. The van der Waals surface area contributed by atoms with Crippen molar-refractivity contribution in [1.29, 1.82) is 0 Å². The summed E-state index contributed by atoms with van der Waals surface area (Å²) in [4.78, 5) is 0. The minimum Gasteiger partial charge on any atom is -0.312 e. The van der Waals surface area contributed by atoms with Gasteiger partial charge in [0.2, 0.25) is 0 Å². The smallest absolute Gasteiger partial charge is 0.136 e. The van der Waals surface area contributed by atoms with E-state index in [1.165, 1.54) is 25.1 Å². The molecule has 1 aromatic heterocycles. The summed E-state index contributed by atoms with van der Waals surface area (Å²) in [7, 11) is 0. The first-order chi connectivity index (χ1) is 6.09. The lowest BCUT2D eigenvalue weighted by Crippen LogP contribution is -2.26. The fourth-order valence-electron chi connectivity index (χ4n) is 1.71. The molecule has 1 aliphatic carbocycles. The van der Waals surface area contributed by atoms with Gasteiger partial charge in [0.25, 0.3) is 0 Å². The molecular formula is C10H17N3. The Kier molecular flexibility index (Phi) is 1.90. The summed E-state index contributed by atoms with van der Waals surface area (Å²) in [6.07, 6.45) is 5.78. The van der Waals surface area contributed by atoms with Crippen LogP contribution in [-0.4, -0.2) is 14.8 Å². The molecule has 3 nitrogen and oxygen atoms in total. The Morgan fingerprint density at radius 1 is 1.38 bits per heavy atom. The van der Waals surface area contributed by atoms with Crippen LogP contribution in [-0.2, 0) is 5.54 Å². The van der Waals surface area contributed by atoms with E-state index in [2.05, 4.69) is 35.5 Å². The molecule has 0 aromatic carbocycles. The van der Waals surface area contributed by atoms with Crippen LogP contribution >= 0.6 is 0 Å². The van der Waals surface area contributed by atoms with Gasteiger partial charge in [0.05, 0.1) is 0 Å². The number of hydrogen-bond acceptors (Lipinski definition) is 2. The molecule has 0 bridgehead atoms. The molecule has 1 aromatic rings. The summed E-state index contributed by atoms with van der Waals surface area (Å²) in [5.74, 6) is 1.85. The van der Waals surface area contributed by atoms with Gasteiger partial charge in [-0.15, -0.1) is 10.2 Å². The predicted octanol–water partition coefficient (Wildman–Crippen LogP) is 2.30. The van der Waals surface area contributed by atoms with E-state index in [1.807, 2.05) is 6.33 Å². The molecule has 2 rings (SSSR count). The molecule has 0 N–H and O–H groups in total. The topological polar surface area (TPSA) is 30.7 Å². The van der Waals surface area contributed by atoms with Crippen LogP contribution in [0.25, 0.3) is 0 Å². The van der Waals surface area contributed by atoms with Crippen molar-refractivity contribution in [2.24, 2.45) is 0 Å². The monoisotopic (exact) mass is 179 g/mol. The largest absolute Gasteiger partial charge is 0.312 e. The van der Waals surface area contributed by atoms with Gasteiger partial charge in [-0.2, -0.15) is 0 Å². The highest BCUT2D eigenvalue weighted by Gasteiger charge is 2.27. The van der Waals surface area contributed by atoms with Crippen LogP contribution in [0.5, 0.6) is 0 Å². The van der Waals surface area contributed by atoms with Crippen molar-refractivity contribution in [3.63, 3.8) is 0 Å². The minimum atomic E-state index is 0.119. The lowest BCUT2D eigenvalue weighted by atomic mass is 9.84. The summed E-state index contributed by atoms with van der Waals surface area (Å²) in [5, 5.41) is 8.22. The molecule has 1 saturated carbocycles. The average Bonchev–Trinajstić information content (AvgIpc) is 2.29. The molecule has 1 heterocycles. The van der Waals surface area contributed by atoms with Crippen LogP contribution in [0.4, 0.5) is 0 Å². The van der Waals surface area contributed by atoms with E-state index in [0.717, 1.165) is 0 Å². The minimum absolute atomic E-state index is 0.119. The van der Waals surface area contributed by atoms with E-state index in [0.29, 0.717) is 5.92 Å². The van der Waals surface area contributed by atoms with Gasteiger partial charge in [-0.3, -0.25) is 0 Å². The van der Waals surface area contributed by atoms with Crippen LogP contribution in [0.2, 0.25) is 0 Å². The van der Waals surface area contributed by atoms with E-state index >= 15 is 0 Å². The maximum atomic E-state index is 4.22. The molecule has 0 radical (unpaired) electrons. The lowest BCUT2D eigenvalue weighted by Gasteiger charge is -2.29. The second kappa shape index (κ2) is 2.82. The Morgan fingerprint density at radius 2 is 2.08 bits per heavy atom. The summed E-state index contributed by atoms with van der Waals surface area (Å²) in [6.45, 7) is 6.58. The molecule has 13 heavy (non-hydrogen) atoms. The van der Waals surface area contributed by atoms with Crippen molar-refractivity contribution in [1.82, 2.24) is 14.8 Å². The number of nitrogens with zero attached hydrogens (tertiary/aromatic N) is 3. The van der Waals surface area contributed by atoms with Gasteiger partial charge in [0.1, 0.15) is 12.2 Å². The Hall–Kier alpha value is -0.860. The fourth-order valence-corrected chi connectivity index (χ4v) is 1.71. The zero-order valence-corrected chi connectivity index (χ0v) is 8.62. The quantitative estimate of drug-likeness (QED) is 0.662. The van der Waals surface area contributed by atoms with Crippen molar-refractivity contribution in [2.45, 2.75) is 51.5 Å². The van der Waals surface area contributed by atoms with Crippen molar-refractivity contribution in [3.8, 4) is 0 Å². The lowest BCUT2D eigenvalue weighted by molar-refractivity contribution is 0.328. The van der Waals surface area contributed by atoms with Gasteiger partial charge in [-0.05, 0) is 33.6 Å². The molecule has 1 aliphatic rings. The Labute approximate surface area is 79.2 Å². The van der Waals surface area contributed by atoms with Gasteiger partial charge in [-0.1, -0.05) is 6.42 Å². The Bertz CT molecular complexity index is 291. The highest BCUT2D eigenvalue weighted by atomic mass is 15.3. The highest BCUT2D eigenvalue weighted by Crippen LogP contribution is 2.36. The van der Waals surface area contributed by atoms with Gasteiger partial charge in [0.15, 0.2) is 0 Å². The van der Waals surface area contributed by atoms with Crippen molar-refractivity contribution >= 4 is 0 Å². The van der Waals surface area contributed by atoms with Crippen LogP contribution < -0.4 is 0 Å². The van der Waals surface area contributed by atoms with Crippen LogP contribution in [0, 0.1) is 0 Å². The standard InChI is InChI=1S/C10H17N3/c1-10(2,3)13-7-11-12-9(13)8-5-4-6-8/h7-8H,4-6H2,1-3H3. The van der Waals surface area contributed by atoms with Gasteiger partial charge < -0.3 is 4.57 Å². The van der Waals surface area contributed by atoms with Crippen molar-refractivity contribution in [3.05, 3.63) is 12.2 Å². The third-order valence-corrected chi connectivity index (χ3v) is 2.77. The molecule has 0 atom stereocenters. The second-order valence-corrected chi connectivity index (χ2v) is 4.86. The van der Waals surface area contributed by atoms with Crippen molar-refractivity contribution < 1.29 is 0 Å². The van der Waals surface area contributed by atoms with Gasteiger partial charge >= 0.3 is 0 Å². The molecule has 0 amide bonds. The predicted molar refractivity (Wildman–Crippen MR) is 51.6 cm³/mol. The van der Waals surface area contributed by atoms with Gasteiger partial charge in [-0.25, -0.2) is 0 Å². The molecule has 0 saturated heterocycles. The van der Waals surface area contributed by atoms with Crippen molar-refractivity contribution in [2.75, 3.05) is 0 Å². The zero-order valence-electron chi connectivity index (χ0n) is 8.62. The third kappa shape index (κ3) is 1.47. The molecule has 1 fully saturated rings. The summed E-state index contributed by atoms with van der Waals surface area (Å²) >= 11 is 0. The molecule has 0 spiro atoms. The first-order valence-electron chi connectivity index (χ1n) is 4.99. The molecular weight excluding hydrogens is 162 g/mol. The van der Waals surface area contributed by atoms with Crippen LogP contribution in [0.1, 0.15) is 51.8 Å². The average molecular weight is 179 g/mol. The van der Waals surface area contributed by atoms with E-state index in [-0.39, 0.29) is 5.54 Å². The zero-order chi connectivity index (χ0) is 9.47. The first-order valence-corrected chi connectivity index (χ1v) is 4.99. The summed E-state index contributed by atoms with van der Waals surface area (Å²) in [5.41, 5.74) is 0.119. The van der Waals surface area contributed by atoms with Crippen LogP contribution in [0.15, 0.2) is 6.33 Å². The third-order valence-electron chi connectivity index (χ3n) is 2.77. The maximum Gasteiger partial charge on any atom is 0.136 e. The maximum absolute atomic E-state index is 4.22. The molecule has 72 valence electrons. The number of aromatic nitrogens is 3. The van der Waals surface area contributed by atoms with E-state index in [9.17, 15) is 0 Å². The first kappa shape index (κ1) is 8.73. The van der Waals surface area contributed by atoms with E-state index in [4.69, 9.17) is 0 Å². The van der Waals surface area contributed by atoms with Crippen LogP contribution in [0.3, 0.4) is 0 Å². The molecule has 3 heteroatoms. The molecule has 0 unspecified atom stereocenters. The molecule has 0 aliphatic heterocycles. The highest BCUT2D eigenvalue weighted by molar-refractivity contribution is 5.03. The second-order valence-electron chi connectivity index (χ2n) is 4.86. The SMILES string of the molecule is CC(C)(C)n1cnnc1C1CCC1. The van der Waals surface area contributed by atoms with Gasteiger partial charge in [0, 0.05) is 11.5 Å². The fraction of sp³-hybridized carbons (Fsp3) is 0.800.